The van der Waals surface area contributed by atoms with Gasteiger partial charge in [-0.15, -0.1) is 0 Å². The summed E-state index contributed by atoms with van der Waals surface area (Å²) in [6.45, 7) is 7.54. The number of likely N-dealkylation sites (N-methyl/N-ethyl adjacent to an activating group) is 1. The van der Waals surface area contributed by atoms with Gasteiger partial charge in [-0.05, 0) is 38.1 Å². The van der Waals surface area contributed by atoms with E-state index in [1.54, 1.807) is 0 Å². The highest BCUT2D eigenvalue weighted by molar-refractivity contribution is 5.04. The fourth-order valence-electron chi connectivity index (χ4n) is 4.50. The minimum Gasteiger partial charge on any atom is -0.379 e. The maximum atomic E-state index is 5.59. The highest BCUT2D eigenvalue weighted by atomic mass is 16.5. The molecule has 3 nitrogen and oxygen atoms in total. The highest BCUT2D eigenvalue weighted by Gasteiger charge is 2.46. The summed E-state index contributed by atoms with van der Waals surface area (Å²) in [4.78, 5) is 2.78. The van der Waals surface area contributed by atoms with Crippen molar-refractivity contribution in [3.8, 4) is 0 Å². The molecule has 1 N–H and O–H groups in total. The molecule has 116 valence electrons. The van der Waals surface area contributed by atoms with Crippen LogP contribution < -0.4 is 5.32 Å². The zero-order chi connectivity index (χ0) is 13.8. The molecule has 3 aliphatic rings. The van der Waals surface area contributed by atoms with Crippen LogP contribution in [0.2, 0.25) is 0 Å². The molecule has 0 aromatic heterocycles. The van der Waals surface area contributed by atoms with Crippen LogP contribution >= 0.6 is 0 Å². The SMILES string of the molecule is CCNC(CCC1CC1)C1(N2CCOCC2)CCCC1. The van der Waals surface area contributed by atoms with E-state index in [0.29, 0.717) is 11.6 Å². The monoisotopic (exact) mass is 280 g/mol. The quantitative estimate of drug-likeness (QED) is 0.776. The predicted molar refractivity (Wildman–Crippen MR) is 83.0 cm³/mol. The van der Waals surface area contributed by atoms with Gasteiger partial charge in [0.15, 0.2) is 0 Å². The molecule has 20 heavy (non-hydrogen) atoms. The Bertz CT molecular complexity index is 291. The van der Waals surface area contributed by atoms with E-state index in [4.69, 9.17) is 4.74 Å². The number of nitrogens with one attached hydrogen (secondary N) is 1. The summed E-state index contributed by atoms with van der Waals surface area (Å²) in [5.74, 6) is 1.05. The molecule has 1 saturated heterocycles. The Morgan fingerprint density at radius 3 is 2.50 bits per heavy atom. The van der Waals surface area contributed by atoms with Gasteiger partial charge in [0.1, 0.15) is 0 Å². The summed E-state index contributed by atoms with van der Waals surface area (Å²) in [5.41, 5.74) is 0.439. The van der Waals surface area contributed by atoms with E-state index in [9.17, 15) is 0 Å². The molecule has 0 amide bonds. The first-order valence-electron chi connectivity index (χ1n) is 8.91. The fourth-order valence-corrected chi connectivity index (χ4v) is 4.50. The smallest absolute Gasteiger partial charge is 0.0594 e. The summed E-state index contributed by atoms with van der Waals surface area (Å²) < 4.78 is 5.59. The zero-order valence-corrected chi connectivity index (χ0v) is 13.2. The van der Waals surface area contributed by atoms with Crippen molar-refractivity contribution in [1.82, 2.24) is 10.2 Å². The average molecular weight is 280 g/mol. The van der Waals surface area contributed by atoms with Crippen LogP contribution in [0.3, 0.4) is 0 Å². The van der Waals surface area contributed by atoms with Crippen molar-refractivity contribution in [1.29, 1.82) is 0 Å². The van der Waals surface area contributed by atoms with E-state index in [0.717, 1.165) is 38.8 Å². The second-order valence-electron chi connectivity index (χ2n) is 7.04. The molecule has 0 aromatic rings. The van der Waals surface area contributed by atoms with E-state index in [1.165, 1.54) is 51.4 Å². The van der Waals surface area contributed by atoms with E-state index in [1.807, 2.05) is 0 Å². The average Bonchev–Trinajstić information content (AvgIpc) is 3.19. The maximum Gasteiger partial charge on any atom is 0.0594 e. The standard InChI is InChI=1S/C17H32N2O/c1-2-18-16(8-7-15-5-6-15)17(9-3-4-10-17)19-11-13-20-14-12-19/h15-16,18H,2-14H2,1H3. The summed E-state index contributed by atoms with van der Waals surface area (Å²) >= 11 is 0. The molecule has 0 radical (unpaired) electrons. The molecule has 0 bridgehead atoms. The van der Waals surface area contributed by atoms with Crippen molar-refractivity contribution in [3.63, 3.8) is 0 Å². The van der Waals surface area contributed by atoms with Crippen LogP contribution in [0.15, 0.2) is 0 Å². The number of hydrogen-bond acceptors (Lipinski definition) is 3. The number of nitrogens with zero attached hydrogens (tertiary/aromatic N) is 1. The van der Waals surface area contributed by atoms with Crippen LogP contribution in [0, 0.1) is 5.92 Å². The molecule has 1 unspecified atom stereocenters. The van der Waals surface area contributed by atoms with E-state index in [2.05, 4.69) is 17.1 Å². The minimum absolute atomic E-state index is 0.439. The molecular formula is C17H32N2O. The van der Waals surface area contributed by atoms with Crippen molar-refractivity contribution >= 4 is 0 Å². The third-order valence-corrected chi connectivity index (χ3v) is 5.77. The normalized spacial score (nSPS) is 28.6. The van der Waals surface area contributed by atoms with Crippen LogP contribution in [0.25, 0.3) is 0 Å². The lowest BCUT2D eigenvalue weighted by Gasteiger charge is -2.48. The Balaban J connectivity index is 1.70. The topological polar surface area (TPSA) is 24.5 Å². The summed E-state index contributed by atoms with van der Waals surface area (Å²) in [7, 11) is 0. The molecule has 1 atom stereocenters. The second-order valence-corrected chi connectivity index (χ2v) is 7.04. The van der Waals surface area contributed by atoms with Crippen LogP contribution in [0.5, 0.6) is 0 Å². The molecule has 3 rings (SSSR count). The van der Waals surface area contributed by atoms with E-state index in [-0.39, 0.29) is 0 Å². The van der Waals surface area contributed by atoms with Crippen molar-refractivity contribution in [2.24, 2.45) is 5.92 Å². The van der Waals surface area contributed by atoms with Gasteiger partial charge in [-0.1, -0.05) is 32.6 Å². The molecule has 3 fully saturated rings. The molecule has 1 aliphatic heterocycles. The first-order chi connectivity index (χ1) is 9.85. The van der Waals surface area contributed by atoms with Crippen LogP contribution in [-0.2, 0) is 4.74 Å². The van der Waals surface area contributed by atoms with Crippen LogP contribution in [0.1, 0.15) is 58.3 Å². The van der Waals surface area contributed by atoms with Gasteiger partial charge in [-0.3, -0.25) is 4.90 Å². The summed E-state index contributed by atoms with van der Waals surface area (Å²) in [6.07, 6.45) is 11.4. The Labute approximate surface area is 124 Å². The first kappa shape index (κ1) is 14.8. The van der Waals surface area contributed by atoms with E-state index >= 15 is 0 Å². The first-order valence-corrected chi connectivity index (χ1v) is 8.91. The van der Waals surface area contributed by atoms with Crippen molar-refractivity contribution in [2.75, 3.05) is 32.8 Å². The lowest BCUT2D eigenvalue weighted by molar-refractivity contribution is -0.0370. The minimum atomic E-state index is 0.439. The largest absolute Gasteiger partial charge is 0.379 e. The van der Waals surface area contributed by atoms with Crippen molar-refractivity contribution < 1.29 is 4.74 Å². The predicted octanol–water partition coefficient (Wildman–Crippen LogP) is 2.80. The van der Waals surface area contributed by atoms with Gasteiger partial charge in [-0.25, -0.2) is 0 Å². The third-order valence-electron chi connectivity index (χ3n) is 5.77. The summed E-state index contributed by atoms with van der Waals surface area (Å²) in [6, 6.07) is 0.702. The Kier molecular flexibility index (Phi) is 5.00. The van der Waals surface area contributed by atoms with Crippen LogP contribution in [-0.4, -0.2) is 49.3 Å². The van der Waals surface area contributed by atoms with Gasteiger partial charge < -0.3 is 10.1 Å². The lowest BCUT2D eigenvalue weighted by atomic mass is 9.82. The lowest BCUT2D eigenvalue weighted by Crippen LogP contribution is -2.62. The molecule has 0 spiro atoms. The zero-order valence-electron chi connectivity index (χ0n) is 13.2. The third kappa shape index (κ3) is 3.20. The number of hydrogen-bond donors (Lipinski definition) is 1. The molecule has 3 heteroatoms. The van der Waals surface area contributed by atoms with Gasteiger partial charge in [0, 0.05) is 24.7 Å². The van der Waals surface area contributed by atoms with Gasteiger partial charge in [0.05, 0.1) is 13.2 Å². The van der Waals surface area contributed by atoms with Crippen molar-refractivity contribution in [2.45, 2.75) is 69.9 Å². The molecule has 2 saturated carbocycles. The fraction of sp³-hybridized carbons (Fsp3) is 1.00. The van der Waals surface area contributed by atoms with Gasteiger partial charge in [0.2, 0.25) is 0 Å². The number of morpholine rings is 1. The van der Waals surface area contributed by atoms with Gasteiger partial charge in [0.25, 0.3) is 0 Å². The highest BCUT2D eigenvalue weighted by Crippen LogP contribution is 2.42. The Morgan fingerprint density at radius 2 is 1.90 bits per heavy atom. The van der Waals surface area contributed by atoms with Crippen molar-refractivity contribution in [3.05, 3.63) is 0 Å². The molecule has 1 heterocycles. The summed E-state index contributed by atoms with van der Waals surface area (Å²) in [5, 5.41) is 3.86. The maximum absolute atomic E-state index is 5.59. The molecular weight excluding hydrogens is 248 g/mol. The Hall–Kier alpha value is -0.120. The van der Waals surface area contributed by atoms with Crippen LogP contribution in [0.4, 0.5) is 0 Å². The number of ether oxygens (including phenoxy) is 1. The molecule has 2 aliphatic carbocycles. The van der Waals surface area contributed by atoms with Gasteiger partial charge in [-0.2, -0.15) is 0 Å². The van der Waals surface area contributed by atoms with Gasteiger partial charge >= 0.3 is 0 Å². The second kappa shape index (κ2) is 6.76. The molecule has 0 aromatic carbocycles. The number of rotatable bonds is 7. The Morgan fingerprint density at radius 1 is 1.20 bits per heavy atom. The van der Waals surface area contributed by atoms with E-state index < -0.39 is 0 Å².